The van der Waals surface area contributed by atoms with Gasteiger partial charge in [-0.2, -0.15) is 0 Å². The first-order valence-corrected chi connectivity index (χ1v) is 7.12. The van der Waals surface area contributed by atoms with Crippen LogP contribution in [0.15, 0.2) is 24.3 Å². The summed E-state index contributed by atoms with van der Waals surface area (Å²) < 4.78 is 25.1. The Labute approximate surface area is 109 Å². The monoisotopic (exact) mass is 284 g/mol. The third kappa shape index (κ3) is 2.84. The second-order valence-electron chi connectivity index (χ2n) is 4.03. The van der Waals surface area contributed by atoms with Crippen LogP contribution in [0.5, 0.6) is 0 Å². The summed E-state index contributed by atoms with van der Waals surface area (Å²) in [5.74, 6) is -2.18. The SMILES string of the molecule is O=C(O)CCS(=O)(=O)N1CC(=O)Nc2ccccc21. The van der Waals surface area contributed by atoms with Crippen LogP contribution >= 0.6 is 0 Å². The Balaban J connectivity index is 2.34. The summed E-state index contributed by atoms with van der Waals surface area (Å²) in [7, 11) is -3.83. The Morgan fingerprint density at radius 2 is 2.05 bits per heavy atom. The van der Waals surface area contributed by atoms with E-state index in [1.165, 1.54) is 0 Å². The van der Waals surface area contributed by atoms with E-state index in [1.807, 2.05) is 0 Å². The van der Waals surface area contributed by atoms with Crippen LogP contribution in [0.25, 0.3) is 0 Å². The molecule has 0 atom stereocenters. The van der Waals surface area contributed by atoms with Gasteiger partial charge in [-0.3, -0.25) is 13.9 Å². The number of hydrogen-bond donors (Lipinski definition) is 2. The number of carboxylic acids is 1. The van der Waals surface area contributed by atoms with Crippen molar-refractivity contribution in [3.05, 3.63) is 24.3 Å². The number of fused-ring (bicyclic) bond motifs is 1. The highest BCUT2D eigenvalue weighted by atomic mass is 32.2. The van der Waals surface area contributed by atoms with Gasteiger partial charge in [-0.1, -0.05) is 12.1 Å². The van der Waals surface area contributed by atoms with E-state index in [4.69, 9.17) is 5.11 Å². The number of amides is 1. The van der Waals surface area contributed by atoms with E-state index in [0.717, 1.165) is 4.31 Å². The second-order valence-corrected chi connectivity index (χ2v) is 6.04. The number of aliphatic carboxylic acids is 1. The van der Waals surface area contributed by atoms with Crippen molar-refractivity contribution in [3.8, 4) is 0 Å². The minimum absolute atomic E-state index is 0.334. The molecule has 0 saturated carbocycles. The molecule has 1 aliphatic rings. The normalized spacial score (nSPS) is 14.7. The fourth-order valence-corrected chi connectivity index (χ4v) is 3.20. The molecule has 0 aliphatic carbocycles. The minimum atomic E-state index is -3.83. The van der Waals surface area contributed by atoms with Crippen LogP contribution in [0.4, 0.5) is 11.4 Å². The third-order valence-electron chi connectivity index (χ3n) is 2.64. The van der Waals surface area contributed by atoms with E-state index in [-0.39, 0.29) is 6.54 Å². The van der Waals surface area contributed by atoms with Crippen molar-refractivity contribution < 1.29 is 23.1 Å². The quantitative estimate of drug-likeness (QED) is 0.824. The van der Waals surface area contributed by atoms with Crippen molar-refractivity contribution >= 4 is 33.3 Å². The maximum atomic E-state index is 12.1. The molecule has 0 radical (unpaired) electrons. The lowest BCUT2D eigenvalue weighted by Gasteiger charge is -2.29. The van der Waals surface area contributed by atoms with Crippen molar-refractivity contribution in [2.45, 2.75) is 6.42 Å². The van der Waals surface area contributed by atoms with Crippen LogP contribution in [0, 0.1) is 0 Å². The van der Waals surface area contributed by atoms with Crippen molar-refractivity contribution in [3.63, 3.8) is 0 Å². The van der Waals surface area contributed by atoms with Crippen molar-refractivity contribution in [1.29, 1.82) is 0 Å². The van der Waals surface area contributed by atoms with Gasteiger partial charge >= 0.3 is 5.97 Å². The first-order valence-electron chi connectivity index (χ1n) is 5.51. The van der Waals surface area contributed by atoms with E-state index in [2.05, 4.69) is 5.32 Å². The molecular formula is C11H12N2O5S. The molecule has 0 fully saturated rings. The highest BCUT2D eigenvalue weighted by Crippen LogP contribution is 2.31. The Hall–Kier alpha value is -2.09. The highest BCUT2D eigenvalue weighted by Gasteiger charge is 2.31. The first-order chi connectivity index (χ1) is 8.90. The van der Waals surface area contributed by atoms with Gasteiger partial charge in [0.2, 0.25) is 15.9 Å². The average molecular weight is 284 g/mol. The van der Waals surface area contributed by atoms with Gasteiger partial charge in [0.15, 0.2) is 0 Å². The van der Waals surface area contributed by atoms with Gasteiger partial charge in [-0.25, -0.2) is 8.42 Å². The Kier molecular flexibility index (Phi) is 3.43. The van der Waals surface area contributed by atoms with Crippen LogP contribution in [0.1, 0.15) is 6.42 Å². The first kappa shape index (κ1) is 13.3. The van der Waals surface area contributed by atoms with E-state index in [0.29, 0.717) is 11.4 Å². The molecular weight excluding hydrogens is 272 g/mol. The topological polar surface area (TPSA) is 104 Å². The predicted octanol–water partition coefficient (Wildman–Crippen LogP) is 0.250. The maximum absolute atomic E-state index is 12.1. The molecule has 2 N–H and O–H groups in total. The van der Waals surface area contributed by atoms with E-state index in [1.54, 1.807) is 24.3 Å². The van der Waals surface area contributed by atoms with Crippen molar-refractivity contribution in [1.82, 2.24) is 0 Å². The third-order valence-corrected chi connectivity index (χ3v) is 4.36. The van der Waals surface area contributed by atoms with E-state index in [9.17, 15) is 18.0 Å². The molecule has 1 heterocycles. The summed E-state index contributed by atoms with van der Waals surface area (Å²) in [4.78, 5) is 22.0. The molecule has 1 amide bonds. The van der Waals surface area contributed by atoms with Gasteiger partial charge in [0.25, 0.3) is 0 Å². The lowest BCUT2D eigenvalue weighted by molar-refractivity contribution is -0.136. The van der Waals surface area contributed by atoms with E-state index < -0.39 is 34.1 Å². The lowest BCUT2D eigenvalue weighted by Crippen LogP contribution is -2.43. The Bertz CT molecular complexity index is 626. The van der Waals surface area contributed by atoms with Gasteiger partial charge in [-0.15, -0.1) is 0 Å². The summed E-state index contributed by atoms with van der Waals surface area (Å²) in [5.41, 5.74) is 0.755. The molecule has 1 aromatic rings. The van der Waals surface area contributed by atoms with Gasteiger partial charge in [0.05, 0.1) is 23.5 Å². The summed E-state index contributed by atoms with van der Waals surface area (Å²) in [6.07, 6.45) is -0.497. The van der Waals surface area contributed by atoms with Crippen molar-refractivity contribution in [2.75, 3.05) is 21.9 Å². The number of carbonyl (C=O) groups is 2. The number of carbonyl (C=O) groups excluding carboxylic acids is 1. The fraction of sp³-hybridized carbons (Fsp3) is 0.273. The van der Waals surface area contributed by atoms with Crippen molar-refractivity contribution in [2.24, 2.45) is 0 Å². The number of sulfonamides is 1. The van der Waals surface area contributed by atoms with E-state index >= 15 is 0 Å². The number of nitrogens with one attached hydrogen (secondary N) is 1. The number of benzene rings is 1. The van der Waals surface area contributed by atoms with Gasteiger partial charge in [0.1, 0.15) is 6.54 Å². The van der Waals surface area contributed by atoms with Crippen LogP contribution in [0.3, 0.4) is 0 Å². The highest BCUT2D eigenvalue weighted by molar-refractivity contribution is 7.92. The van der Waals surface area contributed by atoms with Crippen LogP contribution in [0.2, 0.25) is 0 Å². The molecule has 102 valence electrons. The number of carboxylic acid groups (broad SMARTS) is 1. The molecule has 0 unspecified atom stereocenters. The zero-order valence-electron chi connectivity index (χ0n) is 9.87. The smallest absolute Gasteiger partial charge is 0.304 e. The summed E-state index contributed by atoms with van der Waals surface area (Å²) >= 11 is 0. The van der Waals surface area contributed by atoms with Crippen LogP contribution < -0.4 is 9.62 Å². The molecule has 8 heteroatoms. The Morgan fingerprint density at radius 3 is 2.74 bits per heavy atom. The maximum Gasteiger partial charge on any atom is 0.304 e. The van der Waals surface area contributed by atoms with Gasteiger partial charge in [0, 0.05) is 0 Å². The molecule has 2 rings (SSSR count). The van der Waals surface area contributed by atoms with Crippen LogP contribution in [-0.2, 0) is 19.6 Å². The lowest BCUT2D eigenvalue weighted by atomic mass is 10.2. The second kappa shape index (κ2) is 4.88. The number of nitrogens with zero attached hydrogens (tertiary/aromatic N) is 1. The summed E-state index contributed by atoms with van der Waals surface area (Å²) in [5, 5.41) is 11.1. The molecule has 1 aromatic carbocycles. The number of anilines is 2. The van der Waals surface area contributed by atoms with Crippen LogP contribution in [-0.4, -0.2) is 37.7 Å². The molecule has 0 aromatic heterocycles. The molecule has 0 bridgehead atoms. The summed E-state index contributed by atoms with van der Waals surface area (Å²) in [6.45, 7) is -0.334. The zero-order chi connectivity index (χ0) is 14.0. The fourth-order valence-electron chi connectivity index (χ4n) is 1.78. The average Bonchev–Trinajstić information content (AvgIpc) is 2.35. The summed E-state index contributed by atoms with van der Waals surface area (Å²) in [6, 6.07) is 6.47. The standard InChI is InChI=1S/C11H12N2O5S/c14-10-7-13(19(17,18)6-5-11(15)16)9-4-2-1-3-8(9)12-10/h1-4H,5-7H2,(H,12,14)(H,15,16). The number of para-hydroxylation sites is 2. The predicted molar refractivity (Wildman–Crippen MR) is 68.5 cm³/mol. The largest absolute Gasteiger partial charge is 0.481 e. The molecule has 0 spiro atoms. The van der Waals surface area contributed by atoms with Gasteiger partial charge < -0.3 is 10.4 Å². The number of rotatable bonds is 4. The zero-order valence-corrected chi connectivity index (χ0v) is 10.7. The Morgan fingerprint density at radius 1 is 1.37 bits per heavy atom. The molecule has 1 aliphatic heterocycles. The number of hydrogen-bond acceptors (Lipinski definition) is 4. The van der Waals surface area contributed by atoms with Gasteiger partial charge in [-0.05, 0) is 12.1 Å². The molecule has 19 heavy (non-hydrogen) atoms. The molecule has 0 saturated heterocycles. The minimum Gasteiger partial charge on any atom is -0.481 e. The molecule has 7 nitrogen and oxygen atoms in total.